The molecule has 1 aromatic carbocycles. The van der Waals surface area contributed by atoms with Crippen molar-refractivity contribution in [2.75, 3.05) is 36.6 Å². The zero-order chi connectivity index (χ0) is 22.4. The van der Waals surface area contributed by atoms with Gasteiger partial charge < -0.3 is 20.9 Å². The Hall–Kier alpha value is -3.14. The molecule has 3 N–H and O–H groups in total. The van der Waals surface area contributed by atoms with Crippen LogP contribution in [0.15, 0.2) is 48.9 Å². The van der Waals surface area contributed by atoms with Crippen molar-refractivity contribution in [3.63, 3.8) is 0 Å². The first kappa shape index (κ1) is 22.5. The molecule has 0 atom stereocenters. The van der Waals surface area contributed by atoms with Crippen LogP contribution in [0.2, 0.25) is 10.0 Å². The van der Waals surface area contributed by atoms with Gasteiger partial charge in [0.15, 0.2) is 5.82 Å². The zero-order valence-electron chi connectivity index (χ0n) is 17.2. The summed E-state index contributed by atoms with van der Waals surface area (Å²) in [6, 6.07) is 5.09. The van der Waals surface area contributed by atoms with E-state index >= 15 is 0 Å². The van der Waals surface area contributed by atoms with Crippen LogP contribution in [0, 0.1) is 0 Å². The first-order valence-electron chi connectivity index (χ1n) is 9.27. The maximum atomic E-state index is 12.1. The second-order valence-electron chi connectivity index (χ2n) is 6.89. The third-order valence-electron chi connectivity index (χ3n) is 3.93. The number of carbonyl (C=O) groups excluding carboxylic acids is 1. The van der Waals surface area contributed by atoms with E-state index < -0.39 is 0 Å². The van der Waals surface area contributed by atoms with E-state index in [4.69, 9.17) is 23.2 Å². The van der Waals surface area contributed by atoms with Gasteiger partial charge in [-0.1, -0.05) is 29.3 Å². The van der Waals surface area contributed by atoms with Crippen molar-refractivity contribution in [2.24, 2.45) is 7.05 Å². The van der Waals surface area contributed by atoms with Crippen molar-refractivity contribution in [1.82, 2.24) is 24.6 Å². The summed E-state index contributed by atoms with van der Waals surface area (Å²) < 4.78 is 1.66. The standard InChI is InChI=1S/C20H22Cl2N8O/c1-29(2)8-4-5-18(31)25-13-6-7-15(21)17(9-13)27-19-16(22)11-23-20(28-19)26-14-10-24-30(3)12-14/h4-7,9-12H,8H2,1-3H3,(H,25,31)(H2,23,26,27,28)/b5-4+. The van der Waals surface area contributed by atoms with Crippen molar-refractivity contribution < 1.29 is 4.79 Å². The molecule has 0 aliphatic rings. The molecule has 0 aliphatic carbocycles. The van der Waals surface area contributed by atoms with Crippen LogP contribution in [0.5, 0.6) is 0 Å². The molecule has 0 aliphatic heterocycles. The molecule has 0 radical (unpaired) electrons. The van der Waals surface area contributed by atoms with Gasteiger partial charge in [0.1, 0.15) is 5.02 Å². The molecule has 162 valence electrons. The topological polar surface area (TPSA) is 100 Å². The lowest BCUT2D eigenvalue weighted by molar-refractivity contribution is -0.111. The molecular weight excluding hydrogens is 439 g/mol. The normalized spacial score (nSPS) is 11.2. The van der Waals surface area contributed by atoms with Crippen LogP contribution in [0.1, 0.15) is 0 Å². The lowest BCUT2D eigenvalue weighted by Gasteiger charge is -2.12. The number of aryl methyl sites for hydroxylation is 1. The Labute approximate surface area is 190 Å². The van der Waals surface area contributed by atoms with Gasteiger partial charge in [-0.3, -0.25) is 9.48 Å². The van der Waals surface area contributed by atoms with Crippen molar-refractivity contribution in [1.29, 1.82) is 0 Å². The minimum atomic E-state index is -0.238. The largest absolute Gasteiger partial charge is 0.338 e. The average molecular weight is 461 g/mol. The highest BCUT2D eigenvalue weighted by Gasteiger charge is 2.10. The van der Waals surface area contributed by atoms with Crippen LogP contribution >= 0.6 is 23.2 Å². The van der Waals surface area contributed by atoms with E-state index in [0.29, 0.717) is 39.7 Å². The molecule has 2 aromatic heterocycles. The second kappa shape index (κ2) is 10.3. The van der Waals surface area contributed by atoms with Gasteiger partial charge in [0, 0.05) is 31.6 Å². The van der Waals surface area contributed by atoms with Gasteiger partial charge in [-0.25, -0.2) is 4.98 Å². The summed E-state index contributed by atoms with van der Waals surface area (Å²) in [5, 5.41) is 13.8. The Bertz CT molecular complexity index is 1100. The summed E-state index contributed by atoms with van der Waals surface area (Å²) in [6.07, 6.45) is 8.19. The van der Waals surface area contributed by atoms with Crippen LogP contribution in [0.3, 0.4) is 0 Å². The molecule has 11 heteroatoms. The van der Waals surface area contributed by atoms with E-state index in [1.165, 1.54) is 12.3 Å². The van der Waals surface area contributed by atoms with E-state index in [1.54, 1.807) is 41.4 Å². The smallest absolute Gasteiger partial charge is 0.248 e. The SMILES string of the molecule is CN(C)C/C=C/C(=O)Nc1ccc(Cl)c(Nc2nc(Nc3cnn(C)c3)ncc2Cl)c1. The number of nitrogens with zero attached hydrogens (tertiary/aromatic N) is 5. The number of aromatic nitrogens is 4. The molecule has 0 saturated heterocycles. The lowest BCUT2D eigenvalue weighted by Crippen LogP contribution is -2.13. The third-order valence-corrected chi connectivity index (χ3v) is 4.54. The van der Waals surface area contributed by atoms with Gasteiger partial charge in [-0.2, -0.15) is 10.1 Å². The molecule has 0 fully saturated rings. The fourth-order valence-electron chi connectivity index (χ4n) is 2.51. The lowest BCUT2D eigenvalue weighted by atomic mass is 10.2. The van der Waals surface area contributed by atoms with Gasteiger partial charge in [0.2, 0.25) is 11.9 Å². The number of hydrogen-bond acceptors (Lipinski definition) is 7. The van der Waals surface area contributed by atoms with E-state index in [9.17, 15) is 4.79 Å². The number of halogens is 2. The van der Waals surface area contributed by atoms with Crippen LogP contribution in [-0.4, -0.2) is 51.2 Å². The Morgan fingerprint density at radius 3 is 2.68 bits per heavy atom. The highest BCUT2D eigenvalue weighted by molar-refractivity contribution is 6.34. The van der Waals surface area contributed by atoms with Gasteiger partial charge >= 0.3 is 0 Å². The summed E-state index contributed by atoms with van der Waals surface area (Å²) in [5.41, 5.74) is 1.84. The third kappa shape index (κ3) is 6.68. The Kier molecular flexibility index (Phi) is 7.45. The monoisotopic (exact) mass is 460 g/mol. The van der Waals surface area contributed by atoms with E-state index in [2.05, 4.69) is 31.0 Å². The zero-order valence-corrected chi connectivity index (χ0v) is 18.7. The maximum Gasteiger partial charge on any atom is 0.248 e. The Balaban J connectivity index is 1.74. The number of nitrogens with one attached hydrogen (secondary N) is 3. The molecule has 3 aromatic rings. The average Bonchev–Trinajstić information content (AvgIpc) is 3.11. The van der Waals surface area contributed by atoms with Gasteiger partial charge in [-0.15, -0.1) is 0 Å². The maximum absolute atomic E-state index is 12.1. The van der Waals surface area contributed by atoms with Gasteiger partial charge in [-0.05, 0) is 32.3 Å². The highest BCUT2D eigenvalue weighted by atomic mass is 35.5. The first-order valence-corrected chi connectivity index (χ1v) is 10.0. The predicted octanol–water partition coefficient (Wildman–Crippen LogP) is 4.06. The van der Waals surface area contributed by atoms with Crippen LogP contribution < -0.4 is 16.0 Å². The molecule has 9 nitrogen and oxygen atoms in total. The van der Waals surface area contributed by atoms with Crippen LogP contribution in [0.4, 0.5) is 28.8 Å². The molecule has 0 bridgehead atoms. The Morgan fingerprint density at radius 2 is 1.97 bits per heavy atom. The van der Waals surface area contributed by atoms with Crippen molar-refractivity contribution in [3.8, 4) is 0 Å². The van der Waals surface area contributed by atoms with Crippen molar-refractivity contribution >= 4 is 57.9 Å². The first-order chi connectivity index (χ1) is 14.8. The summed E-state index contributed by atoms with van der Waals surface area (Å²) in [5.74, 6) is 0.462. The summed E-state index contributed by atoms with van der Waals surface area (Å²) in [6.45, 7) is 0.669. The minimum absolute atomic E-state index is 0.238. The van der Waals surface area contributed by atoms with Crippen LogP contribution in [-0.2, 0) is 11.8 Å². The molecule has 1 amide bonds. The molecule has 2 heterocycles. The molecule has 0 saturated carbocycles. The van der Waals surface area contributed by atoms with Crippen molar-refractivity contribution in [2.45, 2.75) is 0 Å². The number of likely N-dealkylation sites (N-methyl/N-ethyl adjacent to an activating group) is 1. The van der Waals surface area contributed by atoms with Gasteiger partial charge in [0.25, 0.3) is 0 Å². The number of rotatable bonds is 8. The Morgan fingerprint density at radius 1 is 1.16 bits per heavy atom. The quantitative estimate of drug-likeness (QED) is 0.435. The second-order valence-corrected chi connectivity index (χ2v) is 7.71. The molecule has 0 spiro atoms. The number of carbonyl (C=O) groups is 1. The molecule has 31 heavy (non-hydrogen) atoms. The van der Waals surface area contributed by atoms with Crippen LogP contribution in [0.25, 0.3) is 0 Å². The molecule has 3 rings (SSSR count). The molecule has 0 unspecified atom stereocenters. The summed E-state index contributed by atoms with van der Waals surface area (Å²) in [4.78, 5) is 22.6. The number of amides is 1. The number of hydrogen-bond donors (Lipinski definition) is 3. The molecular formula is C20H22Cl2N8O. The van der Waals surface area contributed by atoms with E-state index in [1.807, 2.05) is 26.0 Å². The predicted molar refractivity (Wildman–Crippen MR) is 125 cm³/mol. The fraction of sp³-hybridized carbons (Fsp3) is 0.200. The number of benzene rings is 1. The van der Waals surface area contributed by atoms with Gasteiger partial charge in [0.05, 0.1) is 28.8 Å². The minimum Gasteiger partial charge on any atom is -0.338 e. The van der Waals surface area contributed by atoms with E-state index in [-0.39, 0.29) is 5.91 Å². The summed E-state index contributed by atoms with van der Waals surface area (Å²) in [7, 11) is 5.66. The summed E-state index contributed by atoms with van der Waals surface area (Å²) >= 11 is 12.6. The highest BCUT2D eigenvalue weighted by Crippen LogP contribution is 2.31. The van der Waals surface area contributed by atoms with E-state index in [0.717, 1.165) is 5.69 Å². The fourth-order valence-corrected chi connectivity index (χ4v) is 2.81. The van der Waals surface area contributed by atoms with Crippen molar-refractivity contribution in [3.05, 3.63) is 59.0 Å². The number of anilines is 5.